The molecule has 0 radical (unpaired) electrons. The zero-order valence-corrected chi connectivity index (χ0v) is 8.67. The van der Waals surface area contributed by atoms with Gasteiger partial charge in [-0.3, -0.25) is 0 Å². The molecule has 0 aromatic rings. The minimum atomic E-state index is -0.323. The maximum Gasteiger partial charge on any atom is 0.173 e. The van der Waals surface area contributed by atoms with Crippen molar-refractivity contribution < 1.29 is 9.47 Å². The van der Waals surface area contributed by atoms with Gasteiger partial charge in [-0.1, -0.05) is 0 Å². The predicted molar refractivity (Wildman–Crippen MR) is 53.1 cm³/mol. The second-order valence-corrected chi connectivity index (χ2v) is 2.57. The third-order valence-electron chi connectivity index (χ3n) is 1.53. The summed E-state index contributed by atoms with van der Waals surface area (Å²) < 4.78 is 10.7. The molecule has 0 aliphatic rings. The van der Waals surface area contributed by atoms with E-state index in [0.717, 1.165) is 0 Å². The van der Waals surface area contributed by atoms with E-state index in [9.17, 15) is 0 Å². The molecule has 0 aliphatic carbocycles. The molecule has 2 N–H and O–H groups in total. The van der Waals surface area contributed by atoms with Gasteiger partial charge in [0.25, 0.3) is 0 Å². The maximum atomic E-state index is 5.82. The van der Waals surface area contributed by atoms with Gasteiger partial charge in [0.1, 0.15) is 0 Å². The lowest BCUT2D eigenvalue weighted by molar-refractivity contribution is -0.147. The number of hydrogen-bond acceptors (Lipinski definition) is 3. The van der Waals surface area contributed by atoms with E-state index < -0.39 is 0 Å². The van der Waals surface area contributed by atoms with Gasteiger partial charge in [-0.2, -0.15) is 0 Å². The first-order valence-electron chi connectivity index (χ1n) is 4.64. The van der Waals surface area contributed by atoms with Gasteiger partial charge >= 0.3 is 0 Å². The van der Waals surface area contributed by atoms with Gasteiger partial charge in [0.15, 0.2) is 6.29 Å². The quantitative estimate of drug-likeness (QED) is 0.498. The molecule has 0 saturated carbocycles. The predicted octanol–water partition coefficient (Wildman–Crippen LogP) is 1.13. The zero-order valence-electron chi connectivity index (χ0n) is 8.67. The van der Waals surface area contributed by atoms with E-state index in [1.807, 2.05) is 13.8 Å². The van der Waals surface area contributed by atoms with Crippen molar-refractivity contribution in [3.05, 3.63) is 0 Å². The summed E-state index contributed by atoms with van der Waals surface area (Å²) in [5.74, 6) is 5.71. The van der Waals surface area contributed by atoms with Gasteiger partial charge in [-0.05, 0) is 20.8 Å². The van der Waals surface area contributed by atoms with Crippen LogP contribution in [0.5, 0.6) is 0 Å². The fourth-order valence-corrected chi connectivity index (χ4v) is 0.940. The summed E-state index contributed by atoms with van der Waals surface area (Å²) in [6, 6.07) is -0.160. The topological polar surface area (TPSA) is 44.5 Å². The van der Waals surface area contributed by atoms with Gasteiger partial charge in [0, 0.05) is 19.6 Å². The molecule has 0 fully saturated rings. The maximum absolute atomic E-state index is 5.82. The lowest BCUT2D eigenvalue weighted by atomic mass is 10.2. The van der Waals surface area contributed by atoms with Crippen LogP contribution in [0.3, 0.4) is 0 Å². The van der Waals surface area contributed by atoms with Crippen LogP contribution in [0.2, 0.25) is 0 Å². The molecule has 3 nitrogen and oxygen atoms in total. The number of hydrogen-bond donors (Lipinski definition) is 1. The van der Waals surface area contributed by atoms with Crippen molar-refractivity contribution in [1.82, 2.24) is 0 Å². The Kier molecular flexibility index (Phi) is 7.71. The largest absolute Gasteiger partial charge is 0.351 e. The van der Waals surface area contributed by atoms with Crippen molar-refractivity contribution in [2.75, 3.05) is 13.2 Å². The first-order chi connectivity index (χ1) is 6.26. The SMILES string of the molecule is CC#CCC(N)C(OCC)OCC. The Morgan fingerprint density at radius 1 is 1.23 bits per heavy atom. The lowest BCUT2D eigenvalue weighted by Gasteiger charge is -2.21. The molecule has 13 heavy (non-hydrogen) atoms. The summed E-state index contributed by atoms with van der Waals surface area (Å²) in [7, 11) is 0. The molecule has 1 atom stereocenters. The average Bonchev–Trinajstić information content (AvgIpc) is 2.14. The minimum absolute atomic E-state index is 0.160. The molecule has 0 amide bonds. The Morgan fingerprint density at radius 2 is 1.77 bits per heavy atom. The highest BCUT2D eigenvalue weighted by Gasteiger charge is 2.16. The Bertz CT molecular complexity index is 165. The molecule has 0 aromatic carbocycles. The van der Waals surface area contributed by atoms with Crippen LogP contribution in [-0.2, 0) is 9.47 Å². The van der Waals surface area contributed by atoms with Crippen LogP contribution >= 0.6 is 0 Å². The standard InChI is InChI=1S/C10H19NO2/c1-4-7-8-9(11)10(12-5-2)13-6-3/h9-10H,5-6,8,11H2,1-3H3. The molecule has 0 spiro atoms. The highest BCUT2D eigenvalue weighted by molar-refractivity contribution is 4.98. The molecule has 1 unspecified atom stereocenters. The van der Waals surface area contributed by atoms with Crippen molar-refractivity contribution in [2.45, 2.75) is 39.5 Å². The van der Waals surface area contributed by atoms with Crippen molar-refractivity contribution >= 4 is 0 Å². The monoisotopic (exact) mass is 185 g/mol. The van der Waals surface area contributed by atoms with Gasteiger partial charge in [0.2, 0.25) is 0 Å². The van der Waals surface area contributed by atoms with Crippen LogP contribution in [0.15, 0.2) is 0 Å². The smallest absolute Gasteiger partial charge is 0.173 e. The van der Waals surface area contributed by atoms with Gasteiger partial charge in [0.05, 0.1) is 6.04 Å². The van der Waals surface area contributed by atoms with Crippen molar-refractivity contribution in [2.24, 2.45) is 5.73 Å². The van der Waals surface area contributed by atoms with Crippen LogP contribution in [0.25, 0.3) is 0 Å². The molecular formula is C10H19NO2. The van der Waals surface area contributed by atoms with E-state index >= 15 is 0 Å². The molecule has 0 aliphatic heterocycles. The molecule has 3 heteroatoms. The second kappa shape index (κ2) is 8.06. The summed E-state index contributed by atoms with van der Waals surface area (Å²) in [5.41, 5.74) is 5.82. The summed E-state index contributed by atoms with van der Waals surface area (Å²) in [5, 5.41) is 0. The number of ether oxygens (including phenoxy) is 2. The zero-order chi connectivity index (χ0) is 10.1. The molecule has 0 rings (SSSR count). The minimum Gasteiger partial charge on any atom is -0.351 e. The van der Waals surface area contributed by atoms with E-state index in [1.54, 1.807) is 6.92 Å². The van der Waals surface area contributed by atoms with Crippen LogP contribution in [-0.4, -0.2) is 25.5 Å². The van der Waals surface area contributed by atoms with E-state index in [4.69, 9.17) is 15.2 Å². The first-order valence-corrected chi connectivity index (χ1v) is 4.64. The third kappa shape index (κ3) is 5.64. The first kappa shape index (κ1) is 12.4. The van der Waals surface area contributed by atoms with E-state index in [2.05, 4.69) is 11.8 Å². The summed E-state index contributed by atoms with van der Waals surface area (Å²) in [6.45, 7) is 6.85. The normalized spacial score (nSPS) is 12.4. The Hall–Kier alpha value is -0.560. The van der Waals surface area contributed by atoms with Crippen molar-refractivity contribution in [1.29, 1.82) is 0 Å². The Morgan fingerprint density at radius 3 is 2.15 bits per heavy atom. The highest BCUT2D eigenvalue weighted by atomic mass is 16.7. The molecule has 0 heterocycles. The summed E-state index contributed by atoms with van der Waals surface area (Å²) in [4.78, 5) is 0. The van der Waals surface area contributed by atoms with Crippen LogP contribution in [0.4, 0.5) is 0 Å². The Balaban J connectivity index is 3.91. The van der Waals surface area contributed by atoms with Crippen molar-refractivity contribution in [3.63, 3.8) is 0 Å². The summed E-state index contributed by atoms with van der Waals surface area (Å²) in [6.07, 6.45) is 0.289. The highest BCUT2D eigenvalue weighted by Crippen LogP contribution is 2.02. The fourth-order valence-electron chi connectivity index (χ4n) is 0.940. The summed E-state index contributed by atoms with van der Waals surface area (Å²) >= 11 is 0. The van der Waals surface area contributed by atoms with Gasteiger partial charge in [-0.25, -0.2) is 0 Å². The number of nitrogens with two attached hydrogens (primary N) is 1. The second-order valence-electron chi connectivity index (χ2n) is 2.57. The Labute approximate surface area is 80.6 Å². The number of rotatable bonds is 6. The van der Waals surface area contributed by atoms with Gasteiger partial charge < -0.3 is 15.2 Å². The van der Waals surface area contributed by atoms with E-state index in [0.29, 0.717) is 19.6 Å². The fraction of sp³-hybridized carbons (Fsp3) is 0.800. The van der Waals surface area contributed by atoms with E-state index in [-0.39, 0.29) is 12.3 Å². The third-order valence-corrected chi connectivity index (χ3v) is 1.53. The molecule has 0 bridgehead atoms. The lowest BCUT2D eigenvalue weighted by Crippen LogP contribution is -2.38. The van der Waals surface area contributed by atoms with E-state index in [1.165, 1.54) is 0 Å². The molecule has 76 valence electrons. The van der Waals surface area contributed by atoms with Crippen molar-refractivity contribution in [3.8, 4) is 11.8 Å². The molecule has 0 saturated heterocycles. The van der Waals surface area contributed by atoms with Crippen LogP contribution < -0.4 is 5.73 Å². The molecule has 0 aromatic heterocycles. The van der Waals surface area contributed by atoms with Crippen LogP contribution in [0.1, 0.15) is 27.2 Å². The average molecular weight is 185 g/mol. The van der Waals surface area contributed by atoms with Crippen LogP contribution in [0, 0.1) is 11.8 Å². The molecular weight excluding hydrogens is 166 g/mol. The van der Waals surface area contributed by atoms with Gasteiger partial charge in [-0.15, -0.1) is 11.8 Å².